The van der Waals surface area contributed by atoms with E-state index in [2.05, 4.69) is 4.98 Å². The Labute approximate surface area is 135 Å². The number of aromatic nitrogens is 2. The van der Waals surface area contributed by atoms with Crippen LogP contribution in [0.15, 0.2) is 48.7 Å². The SMILES string of the molecule is CCOC(=O)c1c(-c2ccccc2)nc2cc(C(F)(F)F)ccn12. The van der Waals surface area contributed by atoms with Crippen LogP contribution in [0.5, 0.6) is 0 Å². The lowest BCUT2D eigenvalue weighted by atomic mass is 10.1. The standard InChI is InChI=1S/C17H13F3N2O2/c1-2-24-16(23)15-14(11-6-4-3-5-7-11)21-13-10-12(17(18,19)20)8-9-22(13)15/h3-10H,2H2,1H3. The van der Waals surface area contributed by atoms with Crippen molar-refractivity contribution >= 4 is 11.6 Å². The molecule has 0 amide bonds. The van der Waals surface area contributed by atoms with E-state index in [1.54, 1.807) is 37.3 Å². The maximum atomic E-state index is 12.9. The Bertz CT molecular complexity index is 886. The van der Waals surface area contributed by atoms with Crippen LogP contribution in [-0.4, -0.2) is 22.0 Å². The number of pyridine rings is 1. The van der Waals surface area contributed by atoms with E-state index in [9.17, 15) is 18.0 Å². The van der Waals surface area contributed by atoms with Gasteiger partial charge in [-0.2, -0.15) is 13.2 Å². The zero-order valence-corrected chi connectivity index (χ0v) is 12.7. The predicted molar refractivity (Wildman–Crippen MR) is 81.6 cm³/mol. The fraction of sp³-hybridized carbons (Fsp3) is 0.176. The van der Waals surface area contributed by atoms with Crippen LogP contribution in [0.25, 0.3) is 16.9 Å². The van der Waals surface area contributed by atoms with Crippen LogP contribution in [0.1, 0.15) is 23.0 Å². The molecule has 1 aromatic carbocycles. The number of carbonyl (C=O) groups excluding carboxylic acids is 1. The molecule has 0 radical (unpaired) electrons. The Morgan fingerprint density at radius 1 is 1.21 bits per heavy atom. The molecular weight excluding hydrogens is 321 g/mol. The second-order valence-corrected chi connectivity index (χ2v) is 5.04. The van der Waals surface area contributed by atoms with Crippen LogP contribution < -0.4 is 0 Å². The number of alkyl halides is 3. The van der Waals surface area contributed by atoms with Crippen molar-refractivity contribution in [2.24, 2.45) is 0 Å². The quantitative estimate of drug-likeness (QED) is 0.674. The average molecular weight is 334 g/mol. The first-order valence-corrected chi connectivity index (χ1v) is 7.23. The molecule has 124 valence electrons. The van der Waals surface area contributed by atoms with Gasteiger partial charge in [-0.05, 0) is 19.1 Å². The van der Waals surface area contributed by atoms with Crippen molar-refractivity contribution in [1.82, 2.24) is 9.38 Å². The molecule has 2 aromatic heterocycles. The Hall–Kier alpha value is -2.83. The van der Waals surface area contributed by atoms with Crippen LogP contribution >= 0.6 is 0 Å². The van der Waals surface area contributed by atoms with Crippen molar-refractivity contribution in [2.45, 2.75) is 13.1 Å². The number of rotatable bonds is 3. The first kappa shape index (κ1) is 16.0. The highest BCUT2D eigenvalue weighted by Crippen LogP contribution is 2.32. The number of benzene rings is 1. The van der Waals surface area contributed by atoms with Gasteiger partial charge in [-0.3, -0.25) is 4.40 Å². The highest BCUT2D eigenvalue weighted by molar-refractivity contribution is 5.96. The van der Waals surface area contributed by atoms with E-state index >= 15 is 0 Å². The van der Waals surface area contributed by atoms with E-state index in [0.29, 0.717) is 5.56 Å². The summed E-state index contributed by atoms with van der Waals surface area (Å²) in [6.45, 7) is 1.81. The molecule has 3 aromatic rings. The summed E-state index contributed by atoms with van der Waals surface area (Å²) in [6, 6.07) is 10.6. The molecule has 3 rings (SSSR count). The summed E-state index contributed by atoms with van der Waals surface area (Å²) in [4.78, 5) is 16.5. The van der Waals surface area contributed by atoms with E-state index in [1.807, 2.05) is 0 Å². The molecule has 0 atom stereocenters. The number of hydrogen-bond donors (Lipinski definition) is 0. The zero-order valence-electron chi connectivity index (χ0n) is 12.7. The lowest BCUT2D eigenvalue weighted by molar-refractivity contribution is -0.137. The molecule has 2 heterocycles. The second kappa shape index (κ2) is 5.99. The Kier molecular flexibility index (Phi) is 4.01. The van der Waals surface area contributed by atoms with Crippen molar-refractivity contribution in [3.05, 3.63) is 59.9 Å². The molecule has 0 N–H and O–H groups in total. The smallest absolute Gasteiger partial charge is 0.416 e. The topological polar surface area (TPSA) is 43.6 Å². The van der Waals surface area contributed by atoms with Crippen molar-refractivity contribution in [1.29, 1.82) is 0 Å². The Morgan fingerprint density at radius 2 is 1.92 bits per heavy atom. The van der Waals surface area contributed by atoms with E-state index < -0.39 is 17.7 Å². The normalized spacial score (nSPS) is 11.7. The number of imidazole rings is 1. The highest BCUT2D eigenvalue weighted by atomic mass is 19.4. The molecule has 4 nitrogen and oxygen atoms in total. The summed E-state index contributed by atoms with van der Waals surface area (Å²) in [7, 11) is 0. The molecule has 0 spiro atoms. The number of carbonyl (C=O) groups is 1. The lowest BCUT2D eigenvalue weighted by Gasteiger charge is -2.07. The maximum Gasteiger partial charge on any atom is 0.416 e. The first-order chi connectivity index (χ1) is 11.4. The Morgan fingerprint density at radius 3 is 2.54 bits per heavy atom. The molecule has 0 fully saturated rings. The number of nitrogens with zero attached hydrogens (tertiary/aromatic N) is 2. The van der Waals surface area contributed by atoms with Crippen LogP contribution in [0.4, 0.5) is 13.2 Å². The van der Waals surface area contributed by atoms with Crippen LogP contribution in [0, 0.1) is 0 Å². The number of esters is 1. The number of fused-ring (bicyclic) bond motifs is 1. The van der Waals surface area contributed by atoms with E-state index in [4.69, 9.17) is 4.74 Å². The van der Waals surface area contributed by atoms with Crippen molar-refractivity contribution in [3.8, 4) is 11.3 Å². The summed E-state index contributed by atoms with van der Waals surface area (Å²) in [6.07, 6.45) is -3.30. The highest BCUT2D eigenvalue weighted by Gasteiger charge is 2.32. The molecule has 0 bridgehead atoms. The van der Waals surface area contributed by atoms with Gasteiger partial charge in [-0.15, -0.1) is 0 Å². The van der Waals surface area contributed by atoms with Crippen LogP contribution in [0.2, 0.25) is 0 Å². The summed E-state index contributed by atoms with van der Waals surface area (Å²) in [5, 5.41) is 0. The third-order valence-electron chi connectivity index (χ3n) is 3.47. The van der Waals surface area contributed by atoms with Crippen LogP contribution in [0.3, 0.4) is 0 Å². The molecule has 0 aliphatic rings. The van der Waals surface area contributed by atoms with Gasteiger partial charge in [0.05, 0.1) is 12.2 Å². The molecular formula is C17H13F3N2O2. The Balaban J connectivity index is 2.25. The van der Waals surface area contributed by atoms with Crippen molar-refractivity contribution < 1.29 is 22.7 Å². The number of hydrogen-bond acceptors (Lipinski definition) is 3. The maximum absolute atomic E-state index is 12.9. The molecule has 0 unspecified atom stereocenters. The zero-order chi connectivity index (χ0) is 17.3. The van der Waals surface area contributed by atoms with Gasteiger partial charge in [0.15, 0.2) is 5.69 Å². The fourth-order valence-corrected chi connectivity index (χ4v) is 2.41. The molecule has 0 aliphatic heterocycles. The van der Waals surface area contributed by atoms with Gasteiger partial charge < -0.3 is 4.74 Å². The van der Waals surface area contributed by atoms with Crippen LogP contribution in [-0.2, 0) is 10.9 Å². The first-order valence-electron chi connectivity index (χ1n) is 7.23. The summed E-state index contributed by atoms with van der Waals surface area (Å²) in [5.74, 6) is -0.636. The molecule has 7 heteroatoms. The molecule has 0 aliphatic carbocycles. The van der Waals surface area contributed by atoms with Gasteiger partial charge in [0.2, 0.25) is 0 Å². The minimum atomic E-state index is -4.48. The summed E-state index contributed by atoms with van der Waals surface area (Å²) in [5.41, 5.74) is 0.222. The minimum Gasteiger partial charge on any atom is -0.461 e. The summed E-state index contributed by atoms with van der Waals surface area (Å²) >= 11 is 0. The molecule has 0 saturated heterocycles. The average Bonchev–Trinajstić information content (AvgIpc) is 2.93. The van der Waals surface area contributed by atoms with E-state index in [1.165, 1.54) is 10.6 Å². The van der Waals surface area contributed by atoms with E-state index in [0.717, 1.165) is 12.1 Å². The van der Waals surface area contributed by atoms with Gasteiger partial charge in [-0.25, -0.2) is 9.78 Å². The molecule has 0 saturated carbocycles. The van der Waals surface area contributed by atoms with Gasteiger partial charge in [0, 0.05) is 11.8 Å². The third-order valence-corrected chi connectivity index (χ3v) is 3.47. The number of ether oxygens (including phenoxy) is 1. The second-order valence-electron chi connectivity index (χ2n) is 5.04. The fourth-order valence-electron chi connectivity index (χ4n) is 2.41. The lowest BCUT2D eigenvalue weighted by Crippen LogP contribution is -2.10. The minimum absolute atomic E-state index is 0.0340. The molecule has 24 heavy (non-hydrogen) atoms. The predicted octanol–water partition coefficient (Wildman–Crippen LogP) is 4.20. The van der Waals surface area contributed by atoms with Gasteiger partial charge in [0.25, 0.3) is 0 Å². The van der Waals surface area contributed by atoms with E-state index in [-0.39, 0.29) is 23.6 Å². The van der Waals surface area contributed by atoms with Gasteiger partial charge >= 0.3 is 12.1 Å². The van der Waals surface area contributed by atoms with Crippen molar-refractivity contribution in [2.75, 3.05) is 6.61 Å². The third kappa shape index (κ3) is 2.84. The van der Waals surface area contributed by atoms with Gasteiger partial charge in [-0.1, -0.05) is 30.3 Å². The van der Waals surface area contributed by atoms with Gasteiger partial charge in [0.1, 0.15) is 11.3 Å². The van der Waals surface area contributed by atoms with Crippen molar-refractivity contribution in [3.63, 3.8) is 0 Å². The monoisotopic (exact) mass is 334 g/mol. The summed E-state index contributed by atoms with van der Waals surface area (Å²) < 4.78 is 45.0. The largest absolute Gasteiger partial charge is 0.461 e. The number of halogens is 3.